The van der Waals surface area contributed by atoms with Crippen molar-refractivity contribution in [3.8, 4) is 0 Å². The predicted octanol–water partition coefficient (Wildman–Crippen LogP) is 2.37. The summed E-state index contributed by atoms with van der Waals surface area (Å²) in [4.78, 5) is 21.5. The summed E-state index contributed by atoms with van der Waals surface area (Å²) in [6.45, 7) is 1.84. The van der Waals surface area contributed by atoms with Gasteiger partial charge in [0.1, 0.15) is 0 Å². The Kier molecular flexibility index (Phi) is 4.52. The van der Waals surface area contributed by atoms with Gasteiger partial charge >= 0.3 is 11.9 Å². The number of aliphatic carboxylic acids is 2. The topological polar surface area (TPSA) is 74.6 Å². The first kappa shape index (κ1) is 13.5. The minimum atomic E-state index is -1.11. The van der Waals surface area contributed by atoms with Gasteiger partial charge in [0.25, 0.3) is 0 Å². The van der Waals surface area contributed by atoms with E-state index in [0.29, 0.717) is 5.02 Å². The van der Waals surface area contributed by atoms with Gasteiger partial charge in [0.05, 0.1) is 12.3 Å². The molecule has 1 rings (SSSR count). The molecule has 1 aromatic carbocycles. The maximum Gasteiger partial charge on any atom is 0.307 e. The highest BCUT2D eigenvalue weighted by Gasteiger charge is 2.22. The van der Waals surface area contributed by atoms with Crippen molar-refractivity contribution in [1.29, 1.82) is 0 Å². The molecule has 0 heterocycles. The van der Waals surface area contributed by atoms with E-state index in [-0.39, 0.29) is 12.8 Å². The number of benzene rings is 1. The summed E-state index contributed by atoms with van der Waals surface area (Å²) in [5.74, 6) is -3.14. The average molecular weight is 257 g/mol. The van der Waals surface area contributed by atoms with Crippen molar-refractivity contribution < 1.29 is 19.8 Å². The molecule has 0 aromatic heterocycles. The normalized spacial score (nSPS) is 12.1. The molecule has 0 saturated heterocycles. The molecule has 0 saturated carbocycles. The number of aryl methyl sites for hydroxylation is 1. The van der Waals surface area contributed by atoms with Gasteiger partial charge in [0, 0.05) is 5.02 Å². The second kappa shape index (κ2) is 5.68. The van der Waals surface area contributed by atoms with E-state index >= 15 is 0 Å². The summed E-state index contributed by atoms with van der Waals surface area (Å²) >= 11 is 5.82. The van der Waals surface area contributed by atoms with E-state index in [0.717, 1.165) is 11.1 Å². The Bertz CT molecular complexity index is 442. The Morgan fingerprint density at radius 3 is 2.53 bits per heavy atom. The summed E-state index contributed by atoms with van der Waals surface area (Å²) in [7, 11) is 0. The fourth-order valence-electron chi connectivity index (χ4n) is 1.58. The number of carbonyl (C=O) groups is 2. The Balaban J connectivity index is 2.89. The second-order valence-corrected chi connectivity index (χ2v) is 4.34. The van der Waals surface area contributed by atoms with Crippen molar-refractivity contribution >= 4 is 23.5 Å². The molecule has 0 aliphatic heterocycles. The SMILES string of the molecule is Cc1ccc(Cl)cc1CC(CC(=O)O)C(=O)O. The van der Waals surface area contributed by atoms with Crippen molar-refractivity contribution in [3.63, 3.8) is 0 Å². The third kappa shape index (κ3) is 4.07. The largest absolute Gasteiger partial charge is 0.481 e. The fourth-order valence-corrected chi connectivity index (χ4v) is 1.78. The van der Waals surface area contributed by atoms with Gasteiger partial charge in [0.2, 0.25) is 0 Å². The van der Waals surface area contributed by atoms with Gasteiger partial charge in [-0.25, -0.2) is 0 Å². The Morgan fingerprint density at radius 1 is 1.35 bits per heavy atom. The summed E-state index contributed by atoms with van der Waals surface area (Å²) in [6.07, 6.45) is -0.213. The van der Waals surface area contributed by atoms with E-state index < -0.39 is 17.9 Å². The van der Waals surface area contributed by atoms with Crippen LogP contribution in [0.1, 0.15) is 17.5 Å². The predicted molar refractivity (Wildman–Crippen MR) is 63.3 cm³/mol. The quantitative estimate of drug-likeness (QED) is 0.848. The zero-order valence-corrected chi connectivity index (χ0v) is 10.1. The van der Waals surface area contributed by atoms with Crippen LogP contribution in [0, 0.1) is 12.8 Å². The van der Waals surface area contributed by atoms with E-state index in [9.17, 15) is 9.59 Å². The standard InChI is InChI=1S/C12H13ClO4/c1-7-2-3-10(13)5-8(7)4-9(12(16)17)6-11(14)15/h2-3,5,9H,4,6H2,1H3,(H,14,15)(H,16,17). The molecule has 0 bridgehead atoms. The molecule has 0 amide bonds. The molecule has 0 radical (unpaired) electrons. The number of halogens is 1. The van der Waals surface area contributed by atoms with E-state index in [1.54, 1.807) is 18.2 Å². The van der Waals surface area contributed by atoms with Gasteiger partial charge < -0.3 is 10.2 Å². The van der Waals surface area contributed by atoms with E-state index in [1.807, 2.05) is 6.92 Å². The molecule has 5 heteroatoms. The highest BCUT2D eigenvalue weighted by molar-refractivity contribution is 6.30. The highest BCUT2D eigenvalue weighted by Crippen LogP contribution is 2.20. The molecular formula is C12H13ClO4. The molecule has 4 nitrogen and oxygen atoms in total. The van der Waals surface area contributed by atoms with Gasteiger partial charge in [-0.05, 0) is 36.6 Å². The van der Waals surface area contributed by atoms with Crippen LogP contribution in [-0.4, -0.2) is 22.2 Å². The van der Waals surface area contributed by atoms with E-state index in [2.05, 4.69) is 0 Å². The number of rotatable bonds is 5. The first-order valence-corrected chi connectivity index (χ1v) is 5.47. The van der Waals surface area contributed by atoms with Crippen molar-refractivity contribution in [2.75, 3.05) is 0 Å². The molecule has 0 aliphatic carbocycles. The summed E-state index contributed by atoms with van der Waals surface area (Å²) in [6, 6.07) is 5.18. The van der Waals surface area contributed by atoms with Gasteiger partial charge in [-0.1, -0.05) is 17.7 Å². The first-order chi connectivity index (χ1) is 7.90. The molecule has 1 aromatic rings. The van der Waals surface area contributed by atoms with E-state index in [4.69, 9.17) is 21.8 Å². The van der Waals surface area contributed by atoms with Crippen LogP contribution in [0.4, 0.5) is 0 Å². The minimum Gasteiger partial charge on any atom is -0.481 e. The van der Waals surface area contributed by atoms with Crippen LogP contribution < -0.4 is 0 Å². The molecule has 92 valence electrons. The summed E-state index contributed by atoms with van der Waals surface area (Å²) < 4.78 is 0. The second-order valence-electron chi connectivity index (χ2n) is 3.91. The van der Waals surface area contributed by atoms with E-state index in [1.165, 1.54) is 0 Å². The molecule has 0 aliphatic rings. The minimum absolute atomic E-state index is 0.175. The number of carboxylic acids is 2. The Morgan fingerprint density at radius 2 is 2.00 bits per heavy atom. The third-order valence-corrected chi connectivity index (χ3v) is 2.78. The van der Waals surface area contributed by atoms with Gasteiger partial charge in [-0.2, -0.15) is 0 Å². The lowest BCUT2D eigenvalue weighted by atomic mass is 9.94. The Labute approximate surface area is 104 Å². The zero-order chi connectivity index (χ0) is 13.0. The Hall–Kier alpha value is -1.55. The number of hydrogen-bond acceptors (Lipinski definition) is 2. The average Bonchev–Trinajstić information content (AvgIpc) is 2.21. The lowest BCUT2D eigenvalue weighted by molar-refractivity contribution is -0.148. The van der Waals surface area contributed by atoms with Crippen molar-refractivity contribution in [3.05, 3.63) is 34.3 Å². The highest BCUT2D eigenvalue weighted by atomic mass is 35.5. The molecule has 1 unspecified atom stereocenters. The lowest BCUT2D eigenvalue weighted by Crippen LogP contribution is -2.20. The lowest BCUT2D eigenvalue weighted by Gasteiger charge is -2.12. The van der Waals surface area contributed by atoms with Crippen LogP contribution in [0.15, 0.2) is 18.2 Å². The van der Waals surface area contributed by atoms with Crippen LogP contribution in [0.25, 0.3) is 0 Å². The van der Waals surface area contributed by atoms with Crippen LogP contribution in [0.2, 0.25) is 5.02 Å². The molecule has 0 spiro atoms. The fraction of sp³-hybridized carbons (Fsp3) is 0.333. The van der Waals surface area contributed by atoms with Crippen molar-refractivity contribution in [2.45, 2.75) is 19.8 Å². The number of hydrogen-bond donors (Lipinski definition) is 2. The van der Waals surface area contributed by atoms with Gasteiger partial charge in [-0.15, -0.1) is 0 Å². The monoisotopic (exact) mass is 256 g/mol. The van der Waals surface area contributed by atoms with Crippen molar-refractivity contribution in [2.24, 2.45) is 5.92 Å². The summed E-state index contributed by atoms with van der Waals surface area (Å²) in [5, 5.41) is 18.1. The summed E-state index contributed by atoms with van der Waals surface area (Å²) in [5.41, 5.74) is 1.68. The zero-order valence-electron chi connectivity index (χ0n) is 9.31. The third-order valence-electron chi connectivity index (χ3n) is 2.55. The number of carboxylic acid groups (broad SMARTS) is 2. The molecule has 2 N–H and O–H groups in total. The van der Waals surface area contributed by atoms with Crippen LogP contribution in [0.3, 0.4) is 0 Å². The van der Waals surface area contributed by atoms with Gasteiger partial charge in [-0.3, -0.25) is 9.59 Å². The van der Waals surface area contributed by atoms with Crippen LogP contribution in [-0.2, 0) is 16.0 Å². The maximum absolute atomic E-state index is 10.9. The van der Waals surface area contributed by atoms with Crippen LogP contribution in [0.5, 0.6) is 0 Å². The smallest absolute Gasteiger partial charge is 0.307 e. The van der Waals surface area contributed by atoms with Gasteiger partial charge in [0.15, 0.2) is 0 Å². The van der Waals surface area contributed by atoms with Crippen molar-refractivity contribution in [1.82, 2.24) is 0 Å². The maximum atomic E-state index is 10.9. The first-order valence-electron chi connectivity index (χ1n) is 5.09. The molecule has 0 fully saturated rings. The molecular weight excluding hydrogens is 244 g/mol. The molecule has 17 heavy (non-hydrogen) atoms. The molecule has 1 atom stereocenters. The van der Waals surface area contributed by atoms with Crippen LogP contribution >= 0.6 is 11.6 Å².